The maximum atomic E-state index is 13.4. The van der Waals surface area contributed by atoms with Crippen LogP contribution >= 0.6 is 0 Å². The van der Waals surface area contributed by atoms with E-state index in [1.807, 2.05) is 0 Å². The number of hydrogen-bond donors (Lipinski definition) is 0. The summed E-state index contributed by atoms with van der Waals surface area (Å²) in [6, 6.07) is 12.0. The average molecular weight is 388 g/mol. The Morgan fingerprint density at radius 1 is 1.00 bits per heavy atom. The molecule has 0 N–H and O–H groups in total. The van der Waals surface area contributed by atoms with E-state index in [0.29, 0.717) is 6.42 Å². The molecule has 0 spiro atoms. The van der Waals surface area contributed by atoms with Crippen LogP contribution in [0.1, 0.15) is 36.5 Å². The number of benzene rings is 2. The maximum absolute atomic E-state index is 13.4. The summed E-state index contributed by atoms with van der Waals surface area (Å²) in [6.45, 7) is 0. The number of methoxy groups -OCH3 is 1. The van der Waals surface area contributed by atoms with Crippen LogP contribution in [0.25, 0.3) is 0 Å². The van der Waals surface area contributed by atoms with Crippen LogP contribution in [-0.2, 0) is 19.0 Å². The van der Waals surface area contributed by atoms with Crippen molar-refractivity contribution in [3.63, 3.8) is 0 Å². The SMILES string of the molecule is COC(=O)[C@@H]1[C@@H](OC(c2ccc(F)cc2)c2ccc(F)cc2)C[C@@H]2CC[C@H]1O2. The van der Waals surface area contributed by atoms with E-state index in [1.54, 1.807) is 24.3 Å². The molecule has 2 aromatic rings. The molecule has 0 amide bonds. The van der Waals surface area contributed by atoms with Crippen molar-refractivity contribution < 1.29 is 27.8 Å². The Morgan fingerprint density at radius 3 is 2.11 bits per heavy atom. The van der Waals surface area contributed by atoms with Gasteiger partial charge in [0.1, 0.15) is 23.7 Å². The lowest BCUT2D eigenvalue weighted by atomic mass is 9.91. The summed E-state index contributed by atoms with van der Waals surface area (Å²) in [7, 11) is 1.36. The third-order valence-electron chi connectivity index (χ3n) is 5.57. The van der Waals surface area contributed by atoms with Gasteiger partial charge in [0.25, 0.3) is 0 Å². The molecule has 0 aromatic heterocycles. The van der Waals surface area contributed by atoms with Crippen molar-refractivity contribution in [3.8, 4) is 0 Å². The van der Waals surface area contributed by atoms with Gasteiger partial charge in [-0.1, -0.05) is 24.3 Å². The zero-order valence-corrected chi connectivity index (χ0v) is 15.5. The van der Waals surface area contributed by atoms with Crippen LogP contribution in [0.15, 0.2) is 48.5 Å². The van der Waals surface area contributed by atoms with E-state index in [4.69, 9.17) is 14.2 Å². The molecule has 0 aliphatic carbocycles. The summed E-state index contributed by atoms with van der Waals surface area (Å²) in [6.07, 6.45) is 1.12. The van der Waals surface area contributed by atoms with Gasteiger partial charge in [-0.25, -0.2) is 8.78 Å². The van der Waals surface area contributed by atoms with Gasteiger partial charge in [0.2, 0.25) is 0 Å². The minimum Gasteiger partial charge on any atom is -0.469 e. The van der Waals surface area contributed by atoms with Crippen molar-refractivity contribution >= 4 is 5.97 Å². The van der Waals surface area contributed by atoms with Gasteiger partial charge >= 0.3 is 5.97 Å². The highest BCUT2D eigenvalue weighted by molar-refractivity contribution is 5.74. The van der Waals surface area contributed by atoms with Gasteiger partial charge in [-0.2, -0.15) is 0 Å². The molecular weight excluding hydrogens is 366 g/mol. The molecule has 4 rings (SSSR count). The highest BCUT2D eigenvalue weighted by Gasteiger charge is 2.48. The average Bonchev–Trinajstić information content (AvgIpc) is 3.08. The second kappa shape index (κ2) is 7.97. The second-order valence-electron chi connectivity index (χ2n) is 7.32. The normalized spacial score (nSPS) is 26.4. The number of carbonyl (C=O) groups excluding carboxylic acids is 1. The van der Waals surface area contributed by atoms with Crippen molar-refractivity contribution in [2.24, 2.45) is 5.92 Å². The van der Waals surface area contributed by atoms with Crippen molar-refractivity contribution in [3.05, 3.63) is 71.3 Å². The number of rotatable bonds is 5. The molecule has 2 aliphatic rings. The van der Waals surface area contributed by atoms with Crippen molar-refractivity contribution in [1.29, 1.82) is 0 Å². The molecule has 148 valence electrons. The molecule has 2 aromatic carbocycles. The van der Waals surface area contributed by atoms with Crippen LogP contribution in [0.4, 0.5) is 8.78 Å². The van der Waals surface area contributed by atoms with E-state index in [0.717, 1.165) is 24.0 Å². The lowest BCUT2D eigenvalue weighted by molar-refractivity contribution is -0.176. The summed E-state index contributed by atoms with van der Waals surface area (Å²) in [5.41, 5.74) is 1.46. The van der Waals surface area contributed by atoms with E-state index in [2.05, 4.69) is 0 Å². The van der Waals surface area contributed by atoms with Crippen molar-refractivity contribution in [2.45, 2.75) is 43.7 Å². The number of fused-ring (bicyclic) bond motifs is 2. The molecule has 2 aliphatic heterocycles. The quantitative estimate of drug-likeness (QED) is 0.721. The molecule has 4 atom stereocenters. The second-order valence-corrected chi connectivity index (χ2v) is 7.32. The number of halogens is 2. The molecule has 6 heteroatoms. The largest absolute Gasteiger partial charge is 0.469 e. The minimum absolute atomic E-state index is 0.0537. The van der Waals surface area contributed by atoms with Gasteiger partial charge in [0, 0.05) is 6.42 Å². The first-order valence-electron chi connectivity index (χ1n) is 9.45. The van der Waals surface area contributed by atoms with Crippen LogP contribution in [0, 0.1) is 17.6 Å². The Labute approximate surface area is 162 Å². The molecule has 0 radical (unpaired) electrons. The van der Waals surface area contributed by atoms with Gasteiger partial charge in [0.15, 0.2) is 0 Å². The predicted octanol–water partition coefficient (Wildman–Crippen LogP) is 4.18. The molecule has 4 nitrogen and oxygen atoms in total. The standard InChI is InChI=1S/C22H22F2O4/c1-26-22(25)20-18-11-10-17(27-18)12-19(20)28-21(13-2-6-15(23)7-3-13)14-4-8-16(24)9-5-14/h2-9,17-21H,10-12H2,1H3/t17-,18+,19-,20-/m0/s1. The molecular formula is C22H22F2O4. The zero-order valence-electron chi connectivity index (χ0n) is 15.5. The zero-order chi connectivity index (χ0) is 19.7. The molecule has 2 saturated heterocycles. The smallest absolute Gasteiger partial charge is 0.313 e. The van der Waals surface area contributed by atoms with Crippen LogP contribution in [0.5, 0.6) is 0 Å². The van der Waals surface area contributed by atoms with E-state index in [1.165, 1.54) is 31.4 Å². The molecule has 0 saturated carbocycles. The molecule has 2 heterocycles. The Balaban J connectivity index is 1.67. The van der Waals surface area contributed by atoms with Crippen molar-refractivity contribution in [2.75, 3.05) is 7.11 Å². The molecule has 2 fully saturated rings. The van der Waals surface area contributed by atoms with E-state index < -0.39 is 18.1 Å². The van der Waals surface area contributed by atoms with Crippen molar-refractivity contribution in [1.82, 2.24) is 0 Å². The van der Waals surface area contributed by atoms with Crippen LogP contribution in [0.2, 0.25) is 0 Å². The Bertz CT molecular complexity index is 776. The Morgan fingerprint density at radius 2 is 1.57 bits per heavy atom. The lowest BCUT2D eigenvalue weighted by Crippen LogP contribution is -2.45. The topological polar surface area (TPSA) is 44.8 Å². The molecule has 2 bridgehead atoms. The van der Waals surface area contributed by atoms with Gasteiger partial charge in [0.05, 0.1) is 25.4 Å². The van der Waals surface area contributed by atoms with Gasteiger partial charge < -0.3 is 14.2 Å². The van der Waals surface area contributed by atoms with Gasteiger partial charge in [-0.15, -0.1) is 0 Å². The monoisotopic (exact) mass is 388 g/mol. The van der Waals surface area contributed by atoms with E-state index in [-0.39, 0.29) is 29.8 Å². The molecule has 28 heavy (non-hydrogen) atoms. The number of ether oxygens (including phenoxy) is 3. The van der Waals surface area contributed by atoms with Gasteiger partial charge in [-0.05, 0) is 48.2 Å². The summed E-state index contributed by atoms with van der Waals surface area (Å²) < 4.78 is 44.2. The minimum atomic E-state index is -0.559. The Kier molecular flexibility index (Phi) is 5.42. The number of esters is 1. The predicted molar refractivity (Wildman–Crippen MR) is 97.5 cm³/mol. The van der Waals surface area contributed by atoms with Gasteiger partial charge in [-0.3, -0.25) is 4.79 Å². The first-order chi connectivity index (χ1) is 13.5. The van der Waals surface area contributed by atoms with Crippen LogP contribution in [-0.4, -0.2) is 31.4 Å². The highest BCUT2D eigenvalue weighted by Crippen LogP contribution is 2.41. The first-order valence-corrected chi connectivity index (χ1v) is 9.45. The summed E-state index contributed by atoms with van der Waals surface area (Å²) in [5.74, 6) is -1.57. The molecule has 0 unspecified atom stereocenters. The Hall–Kier alpha value is -2.31. The maximum Gasteiger partial charge on any atom is 0.313 e. The lowest BCUT2D eigenvalue weighted by Gasteiger charge is -2.37. The summed E-state index contributed by atoms with van der Waals surface area (Å²) in [5, 5.41) is 0. The highest BCUT2D eigenvalue weighted by atomic mass is 19.1. The fourth-order valence-electron chi connectivity index (χ4n) is 4.20. The third-order valence-corrected chi connectivity index (χ3v) is 5.57. The van der Waals surface area contributed by atoms with Crippen LogP contribution in [0.3, 0.4) is 0 Å². The van der Waals surface area contributed by atoms with E-state index >= 15 is 0 Å². The summed E-state index contributed by atoms with van der Waals surface area (Å²) in [4.78, 5) is 12.4. The fourth-order valence-corrected chi connectivity index (χ4v) is 4.20. The number of carbonyl (C=O) groups is 1. The third kappa shape index (κ3) is 3.80. The van der Waals surface area contributed by atoms with E-state index in [9.17, 15) is 13.6 Å². The summed E-state index contributed by atoms with van der Waals surface area (Å²) >= 11 is 0. The fraction of sp³-hybridized carbons (Fsp3) is 0.409. The number of hydrogen-bond acceptors (Lipinski definition) is 4. The van der Waals surface area contributed by atoms with Crippen LogP contribution < -0.4 is 0 Å². The first kappa shape index (κ1) is 19.0.